The molecule has 0 bridgehead atoms. The number of hydrogen-bond donors (Lipinski definition) is 2. The van der Waals surface area contributed by atoms with E-state index in [4.69, 9.17) is 21.4 Å². The zero-order chi connectivity index (χ0) is 16.1. The first kappa shape index (κ1) is 15.8. The number of carbonyl (C=O) groups is 2. The molecule has 7 heteroatoms. The molecule has 0 aromatic heterocycles. The monoisotopic (exact) mass is 323 g/mol. The van der Waals surface area contributed by atoms with Crippen molar-refractivity contribution in [3.05, 3.63) is 64.4 Å². The molecule has 5 nitrogen and oxygen atoms in total. The Morgan fingerprint density at radius 3 is 2.50 bits per heavy atom. The average Bonchev–Trinajstić information content (AvgIpc) is 2.50. The quantitative estimate of drug-likeness (QED) is 0.894. The summed E-state index contributed by atoms with van der Waals surface area (Å²) in [6.45, 7) is -0.0119. The third-order valence-electron chi connectivity index (χ3n) is 2.77. The molecule has 0 saturated heterocycles. The fourth-order valence-corrected chi connectivity index (χ4v) is 1.92. The molecule has 114 valence electrons. The number of ether oxygens (including phenoxy) is 1. The molecule has 1 amide bonds. The summed E-state index contributed by atoms with van der Waals surface area (Å²) in [4.78, 5) is 22.8. The Bertz CT molecular complexity index is 706. The highest BCUT2D eigenvalue weighted by molar-refractivity contribution is 6.34. The number of carboxylic acid groups (broad SMARTS) is 1. The number of hydrogen-bond acceptors (Lipinski definition) is 3. The molecule has 0 aliphatic heterocycles. The maximum absolute atomic E-state index is 13.4. The van der Waals surface area contributed by atoms with Gasteiger partial charge in [-0.3, -0.25) is 5.32 Å². The molecule has 0 radical (unpaired) electrons. The first-order valence-corrected chi connectivity index (χ1v) is 6.56. The van der Waals surface area contributed by atoms with Crippen molar-refractivity contribution in [3.63, 3.8) is 0 Å². The maximum atomic E-state index is 13.4. The van der Waals surface area contributed by atoms with E-state index in [1.54, 1.807) is 24.3 Å². The second kappa shape index (κ2) is 6.91. The molecule has 0 heterocycles. The number of halogens is 2. The van der Waals surface area contributed by atoms with Crippen LogP contribution in [0.2, 0.25) is 5.02 Å². The lowest BCUT2D eigenvalue weighted by atomic mass is 10.1. The zero-order valence-corrected chi connectivity index (χ0v) is 11.9. The molecule has 0 fully saturated rings. The largest absolute Gasteiger partial charge is 0.478 e. The SMILES string of the molecule is O=C(Nc1c(C(=O)O)ccc(F)c1Cl)OCc1ccccc1. The first-order chi connectivity index (χ1) is 10.5. The van der Waals surface area contributed by atoms with Gasteiger partial charge in [-0.05, 0) is 17.7 Å². The van der Waals surface area contributed by atoms with Gasteiger partial charge in [-0.15, -0.1) is 0 Å². The van der Waals surface area contributed by atoms with Crippen molar-refractivity contribution in [2.24, 2.45) is 0 Å². The van der Waals surface area contributed by atoms with E-state index < -0.39 is 22.9 Å². The number of carboxylic acids is 1. The van der Waals surface area contributed by atoms with Gasteiger partial charge in [0.25, 0.3) is 0 Å². The van der Waals surface area contributed by atoms with E-state index in [1.165, 1.54) is 0 Å². The lowest BCUT2D eigenvalue weighted by Gasteiger charge is -2.11. The van der Waals surface area contributed by atoms with Crippen molar-refractivity contribution >= 4 is 29.4 Å². The number of anilines is 1. The fraction of sp³-hybridized carbons (Fsp3) is 0.0667. The molecule has 0 atom stereocenters. The zero-order valence-electron chi connectivity index (χ0n) is 11.2. The van der Waals surface area contributed by atoms with Gasteiger partial charge >= 0.3 is 12.1 Å². The normalized spacial score (nSPS) is 10.1. The number of nitrogens with one attached hydrogen (secondary N) is 1. The molecular weight excluding hydrogens is 313 g/mol. The molecule has 0 unspecified atom stereocenters. The van der Waals surface area contributed by atoms with Crippen LogP contribution >= 0.6 is 11.6 Å². The number of rotatable bonds is 4. The molecular formula is C15H11ClFNO4. The van der Waals surface area contributed by atoms with Crippen LogP contribution in [0.25, 0.3) is 0 Å². The summed E-state index contributed by atoms with van der Waals surface area (Å²) in [7, 11) is 0. The Hall–Kier alpha value is -2.60. The second-order valence-corrected chi connectivity index (χ2v) is 4.65. The van der Waals surface area contributed by atoms with Gasteiger partial charge in [0.15, 0.2) is 0 Å². The van der Waals surface area contributed by atoms with Gasteiger partial charge in [0, 0.05) is 0 Å². The third-order valence-corrected chi connectivity index (χ3v) is 3.13. The van der Waals surface area contributed by atoms with Crippen molar-refractivity contribution in [3.8, 4) is 0 Å². The average molecular weight is 324 g/mol. The van der Waals surface area contributed by atoms with Crippen molar-refractivity contribution in [2.75, 3.05) is 5.32 Å². The summed E-state index contributed by atoms with van der Waals surface area (Å²) in [6.07, 6.45) is -0.932. The minimum atomic E-state index is -1.35. The van der Waals surface area contributed by atoms with Gasteiger partial charge in [0.2, 0.25) is 0 Å². The third kappa shape index (κ3) is 3.73. The van der Waals surface area contributed by atoms with Crippen LogP contribution in [0.1, 0.15) is 15.9 Å². The van der Waals surface area contributed by atoms with Crippen molar-refractivity contribution in [1.82, 2.24) is 0 Å². The van der Waals surface area contributed by atoms with Crippen LogP contribution < -0.4 is 5.32 Å². The second-order valence-electron chi connectivity index (χ2n) is 4.28. The highest BCUT2D eigenvalue weighted by Gasteiger charge is 2.19. The molecule has 22 heavy (non-hydrogen) atoms. The van der Waals surface area contributed by atoms with Gasteiger partial charge in [0.05, 0.1) is 11.3 Å². The summed E-state index contributed by atoms with van der Waals surface area (Å²) in [5.74, 6) is -2.19. The lowest BCUT2D eigenvalue weighted by Crippen LogP contribution is -2.17. The van der Waals surface area contributed by atoms with Gasteiger partial charge in [-0.1, -0.05) is 41.9 Å². The Labute approximate surface area is 130 Å². The maximum Gasteiger partial charge on any atom is 0.412 e. The van der Waals surface area contributed by atoms with Crippen LogP contribution in [0.5, 0.6) is 0 Å². The number of carbonyl (C=O) groups excluding carboxylic acids is 1. The van der Waals surface area contributed by atoms with Gasteiger partial charge in [-0.2, -0.15) is 0 Å². The topological polar surface area (TPSA) is 75.6 Å². The van der Waals surface area contributed by atoms with E-state index in [1.807, 2.05) is 6.07 Å². The molecule has 0 aliphatic carbocycles. The highest BCUT2D eigenvalue weighted by atomic mass is 35.5. The molecule has 0 spiro atoms. The lowest BCUT2D eigenvalue weighted by molar-refractivity contribution is 0.0698. The summed E-state index contributed by atoms with van der Waals surface area (Å²) in [6, 6.07) is 10.8. The smallest absolute Gasteiger partial charge is 0.412 e. The predicted octanol–water partition coefficient (Wildman–Crippen LogP) is 3.93. The number of aromatic carboxylic acids is 1. The summed E-state index contributed by atoms with van der Waals surface area (Å²) in [5.41, 5.74) is 0.0803. The molecule has 2 rings (SSSR count). The van der Waals surface area contributed by atoms with E-state index in [9.17, 15) is 14.0 Å². The molecule has 2 aromatic carbocycles. The van der Waals surface area contributed by atoms with Crippen LogP contribution in [0, 0.1) is 5.82 Å². The Morgan fingerprint density at radius 1 is 1.18 bits per heavy atom. The Balaban J connectivity index is 2.11. The Morgan fingerprint density at radius 2 is 1.86 bits per heavy atom. The summed E-state index contributed by atoms with van der Waals surface area (Å²) < 4.78 is 18.3. The van der Waals surface area contributed by atoms with Crippen molar-refractivity contribution in [2.45, 2.75) is 6.61 Å². The molecule has 0 aliphatic rings. The van der Waals surface area contributed by atoms with E-state index in [-0.39, 0.29) is 17.9 Å². The molecule has 2 N–H and O–H groups in total. The number of amides is 1. The van der Waals surface area contributed by atoms with E-state index >= 15 is 0 Å². The van der Waals surface area contributed by atoms with Crippen LogP contribution in [-0.2, 0) is 11.3 Å². The summed E-state index contributed by atoms with van der Waals surface area (Å²) >= 11 is 5.70. The minimum Gasteiger partial charge on any atom is -0.478 e. The van der Waals surface area contributed by atoms with Crippen molar-refractivity contribution < 1.29 is 23.8 Å². The standard InChI is InChI=1S/C15H11ClFNO4/c16-12-11(17)7-6-10(14(19)20)13(12)18-15(21)22-8-9-4-2-1-3-5-9/h1-7H,8H2,(H,18,21)(H,19,20). The van der Waals surface area contributed by atoms with E-state index in [0.29, 0.717) is 0 Å². The fourth-order valence-electron chi connectivity index (χ4n) is 1.71. The van der Waals surface area contributed by atoms with Gasteiger partial charge < -0.3 is 9.84 Å². The van der Waals surface area contributed by atoms with Crippen molar-refractivity contribution in [1.29, 1.82) is 0 Å². The summed E-state index contributed by atoms with van der Waals surface area (Å²) in [5, 5.41) is 10.7. The van der Waals surface area contributed by atoms with Gasteiger partial charge in [-0.25, -0.2) is 14.0 Å². The van der Waals surface area contributed by atoms with E-state index in [2.05, 4.69) is 5.32 Å². The van der Waals surface area contributed by atoms with Gasteiger partial charge in [0.1, 0.15) is 17.4 Å². The van der Waals surface area contributed by atoms with Crippen LogP contribution in [0.3, 0.4) is 0 Å². The van der Waals surface area contributed by atoms with Crippen LogP contribution in [-0.4, -0.2) is 17.2 Å². The van der Waals surface area contributed by atoms with E-state index in [0.717, 1.165) is 17.7 Å². The first-order valence-electron chi connectivity index (χ1n) is 6.18. The molecule has 2 aromatic rings. The predicted molar refractivity (Wildman–Crippen MR) is 78.6 cm³/mol. The minimum absolute atomic E-state index is 0.0119. The highest BCUT2D eigenvalue weighted by Crippen LogP contribution is 2.29. The number of benzene rings is 2. The van der Waals surface area contributed by atoms with Crippen LogP contribution in [0.15, 0.2) is 42.5 Å². The van der Waals surface area contributed by atoms with Crippen LogP contribution in [0.4, 0.5) is 14.9 Å². The Kier molecular flexibility index (Phi) is 4.95. The molecule has 0 saturated carbocycles.